The Hall–Kier alpha value is -0.220. The molecule has 0 unspecified atom stereocenters. The summed E-state index contributed by atoms with van der Waals surface area (Å²) in [4.78, 5) is 10.0. The third-order valence-electron chi connectivity index (χ3n) is 1.97. The number of nitrogens with zero attached hydrogens (tertiary/aromatic N) is 1. The first-order chi connectivity index (χ1) is 7.16. The van der Waals surface area contributed by atoms with Gasteiger partial charge in [0, 0.05) is 12.1 Å². The van der Waals surface area contributed by atoms with Crippen LogP contribution in [0.4, 0.5) is 5.69 Å². The zero-order chi connectivity index (χ0) is 12.6. The molecule has 0 aliphatic heterocycles. The quantitative estimate of drug-likeness (QED) is 0.471. The van der Waals surface area contributed by atoms with E-state index < -0.39 is 13.6 Å². The van der Waals surface area contributed by atoms with Gasteiger partial charge in [0.2, 0.25) is 0 Å². The fourth-order valence-corrected chi connectivity index (χ4v) is 1.52. The Bertz CT molecular complexity index is 414. The van der Waals surface area contributed by atoms with E-state index in [9.17, 15) is 10.1 Å². The molecule has 0 saturated heterocycles. The third kappa shape index (κ3) is 2.72. The smallest absolute Gasteiger partial charge is 0.258 e. The maximum Gasteiger partial charge on any atom is 0.269 e. The predicted molar refractivity (Wildman–Crippen MR) is 66.6 cm³/mol. The van der Waals surface area contributed by atoms with Crippen LogP contribution in [-0.4, -0.2) is 9.26 Å². The Labute approximate surface area is 112 Å². The zero-order valence-electron chi connectivity index (χ0n) is 8.08. The summed E-state index contributed by atoms with van der Waals surface area (Å²) in [6.45, 7) is 1.41. The second-order valence-corrected chi connectivity index (χ2v) is 6.30. The van der Waals surface area contributed by atoms with Crippen LogP contribution in [0.3, 0.4) is 0 Å². The number of nitro groups is 1. The maximum absolute atomic E-state index is 10.6. The predicted octanol–water partition coefficient (Wildman–Crippen LogP) is 4.42. The van der Waals surface area contributed by atoms with Crippen LogP contribution in [0.2, 0.25) is 0 Å². The van der Waals surface area contributed by atoms with E-state index in [2.05, 4.69) is 0 Å². The first-order valence-corrected chi connectivity index (χ1v) is 5.68. The van der Waals surface area contributed by atoms with Gasteiger partial charge in [-0.3, -0.25) is 10.1 Å². The molecule has 0 heterocycles. The van der Waals surface area contributed by atoms with E-state index in [1.165, 1.54) is 31.2 Å². The van der Waals surface area contributed by atoms with Gasteiger partial charge in [-0.2, -0.15) is 0 Å². The molecule has 0 amide bonds. The minimum absolute atomic E-state index is 0.124. The van der Waals surface area contributed by atoms with Gasteiger partial charge in [-0.1, -0.05) is 58.5 Å². The minimum Gasteiger partial charge on any atom is -0.258 e. The molecule has 0 aliphatic rings. The fraction of sp³-hybridized carbons (Fsp3) is 0.333. The summed E-state index contributed by atoms with van der Waals surface area (Å²) in [6, 6.07) is 5.55. The van der Waals surface area contributed by atoms with Gasteiger partial charge in [0.1, 0.15) is 0 Å². The van der Waals surface area contributed by atoms with Gasteiger partial charge >= 0.3 is 0 Å². The summed E-state index contributed by atoms with van der Waals surface area (Å²) < 4.78 is -3.09. The lowest BCUT2D eigenvalue weighted by molar-refractivity contribution is -0.384. The topological polar surface area (TPSA) is 43.1 Å². The summed E-state index contributed by atoms with van der Waals surface area (Å²) in [6.07, 6.45) is 0. The normalized spacial score (nSPS) is 12.6. The van der Waals surface area contributed by atoms with Crippen molar-refractivity contribution < 1.29 is 4.92 Å². The first-order valence-electron chi connectivity index (χ1n) is 4.17. The summed E-state index contributed by atoms with van der Waals surface area (Å²) in [5, 5.41) is 10.6. The summed E-state index contributed by atoms with van der Waals surface area (Å²) in [5.74, 6) is 0. The lowest BCUT2D eigenvalue weighted by Gasteiger charge is -2.29. The van der Waals surface area contributed by atoms with E-state index in [0.717, 1.165) is 0 Å². The van der Waals surface area contributed by atoms with Crippen molar-refractivity contribution >= 4 is 52.1 Å². The van der Waals surface area contributed by atoms with E-state index >= 15 is 0 Å². The van der Waals surface area contributed by atoms with Crippen LogP contribution >= 0.6 is 46.4 Å². The highest BCUT2D eigenvalue weighted by molar-refractivity contribution is 6.61. The Balaban J connectivity index is 3.24. The number of alkyl halides is 4. The Morgan fingerprint density at radius 3 is 2.25 bits per heavy atom. The van der Waals surface area contributed by atoms with Crippen molar-refractivity contribution in [3.63, 3.8) is 0 Å². The molecule has 0 atom stereocenters. The van der Waals surface area contributed by atoms with Crippen LogP contribution in [0.1, 0.15) is 12.5 Å². The lowest BCUT2D eigenvalue weighted by Crippen LogP contribution is -2.30. The molecule has 3 nitrogen and oxygen atoms in total. The van der Waals surface area contributed by atoms with Crippen LogP contribution in [0.15, 0.2) is 24.3 Å². The molecule has 1 aromatic carbocycles. The average molecular weight is 303 g/mol. The number of benzene rings is 1. The fourth-order valence-electron chi connectivity index (χ4n) is 1.07. The molecule has 0 bridgehead atoms. The second kappa shape index (κ2) is 4.57. The summed E-state index contributed by atoms with van der Waals surface area (Å²) in [7, 11) is 0. The van der Waals surface area contributed by atoms with Crippen LogP contribution < -0.4 is 0 Å². The SMILES string of the molecule is CC(Cl)(Cl)C(Cl)(Cl)c1cccc([N+](=O)[O-])c1. The third-order valence-corrected chi connectivity index (χ3v) is 4.12. The molecule has 1 aromatic rings. The van der Waals surface area contributed by atoms with Crippen molar-refractivity contribution in [3.05, 3.63) is 39.9 Å². The van der Waals surface area contributed by atoms with Crippen LogP contribution in [-0.2, 0) is 4.33 Å². The molecule has 1 rings (SSSR count). The van der Waals surface area contributed by atoms with Gasteiger partial charge < -0.3 is 0 Å². The number of halogens is 4. The number of nitro benzene ring substituents is 1. The highest BCUT2D eigenvalue weighted by Gasteiger charge is 2.45. The van der Waals surface area contributed by atoms with Gasteiger partial charge in [0.15, 0.2) is 8.67 Å². The van der Waals surface area contributed by atoms with Gasteiger partial charge in [-0.05, 0) is 12.5 Å². The van der Waals surface area contributed by atoms with Crippen LogP contribution in [0.25, 0.3) is 0 Å². The second-order valence-electron chi connectivity index (χ2n) is 3.27. The largest absolute Gasteiger partial charge is 0.269 e. The Kier molecular flexibility index (Phi) is 3.95. The summed E-state index contributed by atoms with van der Waals surface area (Å²) >= 11 is 23.6. The molecule has 0 fully saturated rings. The van der Waals surface area contributed by atoms with E-state index in [1.54, 1.807) is 0 Å². The number of non-ortho nitro benzene ring substituents is 1. The number of rotatable bonds is 3. The van der Waals surface area contributed by atoms with Crippen molar-refractivity contribution in [2.75, 3.05) is 0 Å². The number of hydrogen-bond donors (Lipinski definition) is 0. The number of hydrogen-bond acceptors (Lipinski definition) is 2. The molecule has 0 saturated carbocycles. The highest BCUT2D eigenvalue weighted by atomic mass is 35.5. The van der Waals surface area contributed by atoms with Crippen molar-refractivity contribution in [2.24, 2.45) is 0 Å². The van der Waals surface area contributed by atoms with Crippen molar-refractivity contribution in [2.45, 2.75) is 15.6 Å². The summed E-state index contributed by atoms with van der Waals surface area (Å²) in [5.41, 5.74) is 0.151. The molecule has 0 N–H and O–H groups in total. The van der Waals surface area contributed by atoms with Crippen molar-refractivity contribution in [1.82, 2.24) is 0 Å². The van der Waals surface area contributed by atoms with Crippen molar-refractivity contribution in [1.29, 1.82) is 0 Å². The molecule has 0 radical (unpaired) electrons. The van der Waals surface area contributed by atoms with Gasteiger partial charge in [-0.15, -0.1) is 0 Å². The van der Waals surface area contributed by atoms with E-state index in [-0.39, 0.29) is 11.3 Å². The molecule has 0 aromatic heterocycles. The molecular formula is C9H7Cl4NO2. The molecule has 0 aliphatic carbocycles. The van der Waals surface area contributed by atoms with Crippen LogP contribution in [0.5, 0.6) is 0 Å². The van der Waals surface area contributed by atoms with Crippen LogP contribution in [0, 0.1) is 10.1 Å². The molecular weight excluding hydrogens is 296 g/mol. The minimum atomic E-state index is -1.62. The van der Waals surface area contributed by atoms with Crippen molar-refractivity contribution in [3.8, 4) is 0 Å². The average Bonchev–Trinajstić information content (AvgIpc) is 2.16. The molecule has 16 heavy (non-hydrogen) atoms. The highest BCUT2D eigenvalue weighted by Crippen LogP contribution is 2.50. The van der Waals surface area contributed by atoms with E-state index in [1.807, 2.05) is 0 Å². The zero-order valence-corrected chi connectivity index (χ0v) is 11.1. The van der Waals surface area contributed by atoms with Gasteiger partial charge in [-0.25, -0.2) is 0 Å². The van der Waals surface area contributed by atoms with E-state index in [4.69, 9.17) is 46.4 Å². The van der Waals surface area contributed by atoms with E-state index in [0.29, 0.717) is 0 Å². The van der Waals surface area contributed by atoms with Gasteiger partial charge in [0.25, 0.3) is 5.69 Å². The van der Waals surface area contributed by atoms with Gasteiger partial charge in [0.05, 0.1) is 4.92 Å². The molecule has 7 heteroatoms. The molecule has 88 valence electrons. The molecule has 0 spiro atoms. The Morgan fingerprint density at radius 2 is 1.81 bits per heavy atom. The lowest BCUT2D eigenvalue weighted by atomic mass is 10.1. The Morgan fingerprint density at radius 1 is 1.25 bits per heavy atom. The standard InChI is InChI=1S/C9H7Cl4NO2/c1-8(10,11)9(12,13)6-3-2-4-7(5-6)14(15)16/h2-5H,1H3. The monoisotopic (exact) mass is 301 g/mol. The first kappa shape index (κ1) is 13.8. The maximum atomic E-state index is 10.6.